The molecule has 3 rings (SSSR count). The minimum Gasteiger partial charge on any atom is -0.378 e. The molecular weight excluding hydrogens is 356 g/mol. The lowest BCUT2D eigenvalue weighted by Gasteiger charge is -2.32. The summed E-state index contributed by atoms with van der Waals surface area (Å²) in [6, 6.07) is 8.45. The molecule has 0 amide bonds. The second-order valence-corrected chi connectivity index (χ2v) is 8.15. The van der Waals surface area contributed by atoms with Crippen molar-refractivity contribution in [3.05, 3.63) is 59.7 Å². The van der Waals surface area contributed by atoms with Crippen LogP contribution in [0.5, 0.6) is 0 Å². The molecule has 2 nitrogen and oxygen atoms in total. The maximum Gasteiger partial charge on any atom is 0.199 e. The molecule has 1 aromatic carbocycles. The van der Waals surface area contributed by atoms with E-state index in [4.69, 9.17) is 10.00 Å². The molecule has 28 heavy (non-hydrogen) atoms. The summed E-state index contributed by atoms with van der Waals surface area (Å²) in [6.45, 7) is 0.845. The number of nitriles is 1. The summed E-state index contributed by atoms with van der Waals surface area (Å²) < 4.78 is 32.1. The van der Waals surface area contributed by atoms with Gasteiger partial charge < -0.3 is 4.74 Å². The number of hydrogen-bond donors (Lipinski definition) is 0. The number of ether oxygens (including phenoxy) is 1. The Balaban J connectivity index is 1.33. The Labute approximate surface area is 166 Å². The molecule has 0 atom stereocenters. The van der Waals surface area contributed by atoms with Gasteiger partial charge in [-0.1, -0.05) is 24.3 Å². The van der Waals surface area contributed by atoms with Crippen molar-refractivity contribution in [2.24, 2.45) is 11.8 Å². The van der Waals surface area contributed by atoms with Crippen molar-refractivity contribution >= 4 is 0 Å². The summed E-state index contributed by atoms with van der Waals surface area (Å²) in [5, 5.41) is 8.40. The molecule has 0 heterocycles. The van der Waals surface area contributed by atoms with Crippen molar-refractivity contribution in [2.45, 2.75) is 63.4 Å². The summed E-state index contributed by atoms with van der Waals surface area (Å²) in [5.74, 6) is 0.727. The average Bonchev–Trinajstić information content (AvgIpc) is 2.74. The van der Waals surface area contributed by atoms with Gasteiger partial charge >= 0.3 is 0 Å². The highest BCUT2D eigenvalue weighted by Gasteiger charge is 2.25. The smallest absolute Gasteiger partial charge is 0.199 e. The van der Waals surface area contributed by atoms with Crippen LogP contribution in [0, 0.1) is 29.0 Å². The van der Waals surface area contributed by atoms with E-state index in [1.54, 1.807) is 18.2 Å². The van der Waals surface area contributed by atoms with E-state index < -0.39 is 5.83 Å². The maximum atomic E-state index is 13.1. The Morgan fingerprint density at radius 2 is 1.71 bits per heavy atom. The normalized spacial score (nSPS) is 29.0. The van der Waals surface area contributed by atoms with Crippen LogP contribution in [0.2, 0.25) is 0 Å². The van der Waals surface area contributed by atoms with Crippen molar-refractivity contribution < 1.29 is 13.5 Å². The first-order valence-electron chi connectivity index (χ1n) is 10.4. The lowest BCUT2D eigenvalue weighted by Crippen LogP contribution is -2.25. The predicted octanol–water partition coefficient (Wildman–Crippen LogP) is 6.61. The van der Waals surface area contributed by atoms with Crippen LogP contribution in [-0.4, -0.2) is 12.7 Å². The van der Waals surface area contributed by atoms with E-state index in [0.717, 1.165) is 45.1 Å². The summed E-state index contributed by atoms with van der Waals surface area (Å²) in [5.41, 5.74) is 1.26. The molecule has 0 N–H and O–H groups in total. The van der Waals surface area contributed by atoms with Crippen molar-refractivity contribution in [3.8, 4) is 6.07 Å². The van der Waals surface area contributed by atoms with Crippen molar-refractivity contribution in [3.63, 3.8) is 0 Å². The quantitative estimate of drug-likeness (QED) is 0.408. The van der Waals surface area contributed by atoms with E-state index in [0.29, 0.717) is 23.9 Å². The zero-order chi connectivity index (χ0) is 19.8. The fourth-order valence-electron chi connectivity index (χ4n) is 4.45. The zero-order valence-electron chi connectivity index (χ0n) is 16.3. The number of hydrogen-bond acceptors (Lipinski definition) is 2. The van der Waals surface area contributed by atoms with Crippen molar-refractivity contribution in [1.29, 1.82) is 5.26 Å². The van der Waals surface area contributed by atoms with Gasteiger partial charge in [0.25, 0.3) is 0 Å². The third-order valence-corrected chi connectivity index (χ3v) is 6.21. The molecule has 0 unspecified atom stereocenters. The van der Waals surface area contributed by atoms with Gasteiger partial charge in [-0.2, -0.15) is 9.65 Å². The third kappa shape index (κ3) is 6.27. The zero-order valence-corrected chi connectivity index (χ0v) is 16.3. The van der Waals surface area contributed by atoms with Gasteiger partial charge in [-0.25, -0.2) is 4.39 Å². The number of nitrogens with zero attached hydrogens (tertiary/aromatic N) is 1. The van der Waals surface area contributed by atoms with E-state index in [-0.39, 0.29) is 5.82 Å². The minimum atomic E-state index is -0.748. The Bertz CT molecular complexity index is 703. The molecule has 0 radical (unpaired) electrons. The first kappa shape index (κ1) is 20.7. The Hall–Kier alpha value is -1.99. The highest BCUT2D eigenvalue weighted by atomic mass is 19.1. The van der Waals surface area contributed by atoms with Gasteiger partial charge in [0.05, 0.1) is 6.10 Å². The fourth-order valence-corrected chi connectivity index (χ4v) is 4.45. The first-order valence-corrected chi connectivity index (χ1v) is 10.4. The number of halogens is 2. The van der Waals surface area contributed by atoms with Gasteiger partial charge in [0, 0.05) is 6.61 Å². The molecule has 0 aromatic heterocycles. The third-order valence-electron chi connectivity index (χ3n) is 6.21. The van der Waals surface area contributed by atoms with Crippen molar-refractivity contribution in [1.82, 2.24) is 0 Å². The molecule has 2 aliphatic carbocycles. The summed E-state index contributed by atoms with van der Waals surface area (Å²) in [4.78, 5) is 0. The molecule has 0 saturated heterocycles. The van der Waals surface area contributed by atoms with Crippen LogP contribution < -0.4 is 0 Å². The van der Waals surface area contributed by atoms with Crippen LogP contribution in [0.15, 0.2) is 48.3 Å². The second-order valence-electron chi connectivity index (χ2n) is 8.15. The average molecular weight is 385 g/mol. The SMILES string of the molecule is N#C/C(F)=C/C=C/[C@H]1CC[C@H](OC[C@H]2CC[C@H](c3ccc(F)cc3)CC2)CC1. The summed E-state index contributed by atoms with van der Waals surface area (Å²) >= 11 is 0. The van der Waals surface area contributed by atoms with Crippen LogP contribution >= 0.6 is 0 Å². The van der Waals surface area contributed by atoms with Gasteiger partial charge in [-0.05, 0) is 92.9 Å². The Kier molecular flexibility index (Phi) is 7.80. The van der Waals surface area contributed by atoms with Gasteiger partial charge in [-0.15, -0.1) is 0 Å². The number of allylic oxidation sites excluding steroid dienone is 4. The summed E-state index contributed by atoms with van der Waals surface area (Å²) in [6.07, 6.45) is 14.1. The summed E-state index contributed by atoms with van der Waals surface area (Å²) in [7, 11) is 0. The molecule has 150 valence electrons. The molecule has 1 aromatic rings. The molecule has 0 spiro atoms. The standard InChI is InChI=1S/C24H29F2NO/c25-22-12-10-21(11-13-22)20-8-4-19(5-9-20)17-28-24-14-6-18(7-15-24)2-1-3-23(26)16-27/h1-3,10-13,18-20,24H,4-9,14-15,17H2/b2-1+,23-3-/t18-,19-,20-,24-. The lowest BCUT2D eigenvalue weighted by atomic mass is 9.79. The molecule has 2 fully saturated rings. The number of rotatable bonds is 6. The Morgan fingerprint density at radius 1 is 1.04 bits per heavy atom. The van der Waals surface area contributed by atoms with Crippen LogP contribution in [0.25, 0.3) is 0 Å². The topological polar surface area (TPSA) is 33.0 Å². The minimum absolute atomic E-state index is 0.165. The monoisotopic (exact) mass is 385 g/mol. The van der Waals surface area contributed by atoms with Crippen LogP contribution in [-0.2, 0) is 4.74 Å². The fraction of sp³-hybridized carbons (Fsp3) is 0.542. The van der Waals surface area contributed by atoms with Gasteiger partial charge in [0.2, 0.25) is 0 Å². The first-order chi connectivity index (χ1) is 13.6. The van der Waals surface area contributed by atoms with E-state index >= 15 is 0 Å². The molecular formula is C24H29F2NO. The molecule has 0 aliphatic heterocycles. The molecule has 2 saturated carbocycles. The maximum absolute atomic E-state index is 13.1. The molecule has 0 bridgehead atoms. The highest BCUT2D eigenvalue weighted by Crippen LogP contribution is 2.36. The Morgan fingerprint density at radius 3 is 2.36 bits per heavy atom. The lowest BCUT2D eigenvalue weighted by molar-refractivity contribution is -0.00456. The van der Waals surface area contributed by atoms with E-state index in [2.05, 4.69) is 0 Å². The highest BCUT2D eigenvalue weighted by molar-refractivity contribution is 5.21. The van der Waals surface area contributed by atoms with Gasteiger partial charge in [0.1, 0.15) is 11.9 Å². The van der Waals surface area contributed by atoms with Crippen molar-refractivity contribution in [2.75, 3.05) is 6.61 Å². The van der Waals surface area contributed by atoms with Gasteiger partial charge in [0.15, 0.2) is 5.83 Å². The van der Waals surface area contributed by atoms with Crippen LogP contribution in [0.3, 0.4) is 0 Å². The molecule has 4 heteroatoms. The van der Waals surface area contributed by atoms with E-state index in [9.17, 15) is 8.78 Å². The van der Waals surface area contributed by atoms with Crippen LogP contribution in [0.1, 0.15) is 62.8 Å². The second kappa shape index (κ2) is 10.5. The molecule has 2 aliphatic rings. The van der Waals surface area contributed by atoms with Gasteiger partial charge in [-0.3, -0.25) is 0 Å². The van der Waals surface area contributed by atoms with E-state index in [1.165, 1.54) is 30.6 Å². The number of benzene rings is 1. The largest absolute Gasteiger partial charge is 0.378 e. The van der Waals surface area contributed by atoms with E-state index in [1.807, 2.05) is 18.2 Å². The van der Waals surface area contributed by atoms with Crippen LogP contribution in [0.4, 0.5) is 8.78 Å². The predicted molar refractivity (Wildman–Crippen MR) is 107 cm³/mol.